The summed E-state index contributed by atoms with van der Waals surface area (Å²) in [4.78, 5) is 15.1. The highest BCUT2D eigenvalue weighted by Gasteiger charge is 2.04. The number of amides is 2. The Balaban J connectivity index is 0.00000256. The lowest BCUT2D eigenvalue weighted by Crippen LogP contribution is -2.33. The van der Waals surface area contributed by atoms with Crippen molar-refractivity contribution in [2.45, 2.75) is 13.8 Å². The van der Waals surface area contributed by atoms with E-state index in [1.807, 2.05) is 38.3 Å². The third-order valence-corrected chi connectivity index (χ3v) is 2.66. The van der Waals surface area contributed by atoms with Crippen LogP contribution in [0.25, 0.3) is 0 Å². The molecule has 4 nitrogen and oxygen atoms in total. The summed E-state index contributed by atoms with van der Waals surface area (Å²) in [6.07, 6.45) is 1.84. The van der Waals surface area contributed by atoms with Crippen LogP contribution in [0.2, 0.25) is 0 Å². The van der Waals surface area contributed by atoms with E-state index in [0.717, 1.165) is 16.8 Å². The zero-order valence-corrected chi connectivity index (χ0v) is 13.1. The number of aryl methyl sites for hydroxylation is 2. The normalized spacial score (nSPS) is 10.6. The molecule has 1 aromatic carbocycles. The van der Waals surface area contributed by atoms with E-state index in [1.165, 1.54) is 11.8 Å². The largest absolute Gasteiger partial charge is 0.351 e. The summed E-state index contributed by atoms with van der Waals surface area (Å²) >= 11 is 1.35. The fourth-order valence-corrected chi connectivity index (χ4v) is 1.70. The Hall–Kier alpha value is -0.760. The number of hydrogen-bond donors (Lipinski definition) is 2. The highest BCUT2D eigenvalue weighted by Crippen LogP contribution is 2.23. The molecule has 0 aliphatic carbocycles. The Kier molecular flexibility index (Phi) is 7.21. The summed E-state index contributed by atoms with van der Waals surface area (Å²) in [5.41, 5.74) is 8.06. The van der Waals surface area contributed by atoms with Crippen LogP contribution in [0.4, 0.5) is 10.5 Å². The van der Waals surface area contributed by atoms with Crippen LogP contribution in [0.3, 0.4) is 0 Å². The van der Waals surface area contributed by atoms with Crippen molar-refractivity contribution in [1.29, 1.82) is 0 Å². The molecule has 0 spiro atoms. The molecule has 0 radical (unpaired) electrons. The summed E-state index contributed by atoms with van der Waals surface area (Å²) in [6.45, 7) is 3.96. The van der Waals surface area contributed by atoms with Gasteiger partial charge in [-0.05, 0) is 31.2 Å². The number of halogens is 1. The van der Waals surface area contributed by atoms with Crippen LogP contribution < -0.4 is 11.1 Å². The molecule has 0 atom stereocenters. The number of carbonyl (C=O) groups excluding carboxylic acids is 1. The monoisotopic (exact) mass is 365 g/mol. The Bertz CT molecular complexity index is 414. The molecule has 0 aliphatic heterocycles. The van der Waals surface area contributed by atoms with Crippen molar-refractivity contribution < 1.29 is 4.79 Å². The highest BCUT2D eigenvalue weighted by atomic mass is 127. The van der Waals surface area contributed by atoms with Crippen LogP contribution in [-0.2, 0) is 0 Å². The zero-order valence-electron chi connectivity index (χ0n) is 9.98. The number of carbonyl (C=O) groups is 1. The first-order valence-electron chi connectivity index (χ1n) is 4.80. The van der Waals surface area contributed by atoms with E-state index in [2.05, 4.69) is 10.3 Å². The van der Waals surface area contributed by atoms with Gasteiger partial charge in [-0.25, -0.2) is 9.79 Å². The first-order valence-corrected chi connectivity index (χ1v) is 6.02. The summed E-state index contributed by atoms with van der Waals surface area (Å²) in [6, 6.07) is 5.34. The van der Waals surface area contributed by atoms with Crippen LogP contribution in [0.5, 0.6) is 0 Å². The lowest BCUT2D eigenvalue weighted by molar-refractivity contribution is 0.253. The number of benzene rings is 1. The van der Waals surface area contributed by atoms with Crippen molar-refractivity contribution in [2.24, 2.45) is 10.7 Å². The molecular weight excluding hydrogens is 349 g/mol. The van der Waals surface area contributed by atoms with Crippen molar-refractivity contribution in [2.75, 3.05) is 6.26 Å². The summed E-state index contributed by atoms with van der Waals surface area (Å²) in [7, 11) is 0. The second-order valence-corrected chi connectivity index (χ2v) is 4.15. The van der Waals surface area contributed by atoms with E-state index < -0.39 is 6.03 Å². The Morgan fingerprint density at radius 1 is 1.35 bits per heavy atom. The third-order valence-electron chi connectivity index (χ3n) is 2.08. The van der Waals surface area contributed by atoms with E-state index in [9.17, 15) is 4.79 Å². The number of amidine groups is 1. The zero-order chi connectivity index (χ0) is 12.1. The quantitative estimate of drug-likeness (QED) is 0.457. The Morgan fingerprint density at radius 2 is 1.88 bits per heavy atom. The van der Waals surface area contributed by atoms with Gasteiger partial charge in [-0.15, -0.1) is 24.0 Å². The van der Waals surface area contributed by atoms with Gasteiger partial charge < -0.3 is 5.73 Å². The van der Waals surface area contributed by atoms with Crippen molar-refractivity contribution in [3.8, 4) is 0 Å². The molecule has 3 N–H and O–H groups in total. The van der Waals surface area contributed by atoms with Crippen molar-refractivity contribution in [1.82, 2.24) is 5.32 Å². The van der Waals surface area contributed by atoms with E-state index >= 15 is 0 Å². The molecule has 0 heterocycles. The second-order valence-electron chi connectivity index (χ2n) is 3.35. The fourth-order valence-electron chi connectivity index (χ4n) is 1.31. The second kappa shape index (κ2) is 7.54. The van der Waals surface area contributed by atoms with E-state index in [-0.39, 0.29) is 24.0 Å². The average molecular weight is 365 g/mol. The lowest BCUT2D eigenvalue weighted by atomic mass is 10.1. The molecule has 94 valence electrons. The van der Waals surface area contributed by atoms with Crippen molar-refractivity contribution >= 4 is 52.6 Å². The minimum absolute atomic E-state index is 0. The Labute approximate surface area is 122 Å². The first kappa shape index (κ1) is 16.2. The predicted molar refractivity (Wildman–Crippen MR) is 84.7 cm³/mol. The van der Waals surface area contributed by atoms with Crippen molar-refractivity contribution in [3.05, 3.63) is 29.3 Å². The maximum atomic E-state index is 10.7. The molecule has 0 fully saturated rings. The van der Waals surface area contributed by atoms with Gasteiger partial charge in [0.15, 0.2) is 5.17 Å². The number of hydrogen-bond acceptors (Lipinski definition) is 3. The molecule has 0 saturated carbocycles. The van der Waals surface area contributed by atoms with Gasteiger partial charge in [0, 0.05) is 0 Å². The predicted octanol–water partition coefficient (Wildman–Crippen LogP) is 2.94. The van der Waals surface area contributed by atoms with Gasteiger partial charge >= 0.3 is 6.03 Å². The Morgan fingerprint density at radius 3 is 2.29 bits per heavy atom. The number of primary amides is 1. The van der Waals surface area contributed by atoms with Gasteiger partial charge in [-0.2, -0.15) is 0 Å². The maximum absolute atomic E-state index is 10.7. The van der Waals surface area contributed by atoms with E-state index in [4.69, 9.17) is 5.73 Å². The number of rotatable bonds is 1. The van der Waals surface area contributed by atoms with Crippen LogP contribution >= 0.6 is 35.7 Å². The highest BCUT2D eigenvalue weighted by molar-refractivity contribution is 14.0. The molecular formula is C11H16IN3OS. The van der Waals surface area contributed by atoms with Crippen LogP contribution in [0.1, 0.15) is 11.1 Å². The number of thioether (sulfide) groups is 1. The molecule has 0 aliphatic rings. The fraction of sp³-hybridized carbons (Fsp3) is 0.273. The van der Waals surface area contributed by atoms with Gasteiger partial charge in [0.1, 0.15) is 0 Å². The average Bonchev–Trinajstić information content (AvgIpc) is 2.21. The lowest BCUT2D eigenvalue weighted by Gasteiger charge is -2.07. The number of nitrogens with one attached hydrogen (secondary N) is 1. The van der Waals surface area contributed by atoms with Crippen LogP contribution in [-0.4, -0.2) is 17.5 Å². The molecule has 2 amide bonds. The minimum Gasteiger partial charge on any atom is -0.351 e. The van der Waals surface area contributed by atoms with Gasteiger partial charge in [-0.1, -0.05) is 30.0 Å². The number of urea groups is 1. The number of aliphatic imine (C=N–C) groups is 1. The first-order chi connectivity index (χ1) is 7.54. The number of nitrogens with two attached hydrogens (primary N) is 1. The van der Waals surface area contributed by atoms with E-state index in [1.54, 1.807) is 0 Å². The smallest absolute Gasteiger partial charge is 0.318 e. The molecule has 0 saturated heterocycles. The molecule has 0 bridgehead atoms. The van der Waals surface area contributed by atoms with Gasteiger partial charge in [0.2, 0.25) is 0 Å². The standard InChI is InChI=1S/C11H15N3OS.HI/c1-7-5-4-6-8(2)9(7)13-11(16-3)14-10(12)15;/h4-6H,1-3H3,(H3,12,13,14,15);1H. The molecule has 1 rings (SSSR count). The van der Waals surface area contributed by atoms with Crippen molar-refractivity contribution in [3.63, 3.8) is 0 Å². The SMILES string of the molecule is CSC(=Nc1c(C)cccc1C)NC(N)=O.I. The van der Waals surface area contributed by atoms with E-state index in [0.29, 0.717) is 5.17 Å². The molecule has 0 unspecified atom stereocenters. The van der Waals surface area contributed by atoms with Crippen LogP contribution in [0.15, 0.2) is 23.2 Å². The topological polar surface area (TPSA) is 67.5 Å². The molecule has 0 aromatic heterocycles. The summed E-state index contributed by atoms with van der Waals surface area (Å²) < 4.78 is 0. The summed E-state index contributed by atoms with van der Waals surface area (Å²) in [5.74, 6) is 0. The summed E-state index contributed by atoms with van der Waals surface area (Å²) in [5, 5.41) is 2.99. The van der Waals surface area contributed by atoms with Gasteiger partial charge in [-0.3, -0.25) is 5.32 Å². The number of nitrogens with zero attached hydrogens (tertiary/aromatic N) is 1. The molecule has 6 heteroatoms. The maximum Gasteiger partial charge on any atom is 0.318 e. The van der Waals surface area contributed by atoms with Gasteiger partial charge in [0.25, 0.3) is 0 Å². The van der Waals surface area contributed by atoms with Gasteiger partial charge in [0.05, 0.1) is 5.69 Å². The molecule has 17 heavy (non-hydrogen) atoms. The minimum atomic E-state index is -0.598. The van der Waals surface area contributed by atoms with Crippen LogP contribution in [0, 0.1) is 13.8 Å². The number of para-hydroxylation sites is 1. The molecule has 1 aromatic rings. The third kappa shape index (κ3) is 4.95.